The van der Waals surface area contributed by atoms with Crippen LogP contribution in [0.3, 0.4) is 0 Å². The number of oxime groups is 1. The second-order valence-electron chi connectivity index (χ2n) is 1.47. The Kier molecular flexibility index (Phi) is 4.23. The second kappa shape index (κ2) is 4.75. The lowest BCUT2D eigenvalue weighted by Gasteiger charge is -1.98. The van der Waals surface area contributed by atoms with Crippen molar-refractivity contribution in [2.45, 2.75) is 0 Å². The van der Waals surface area contributed by atoms with Crippen molar-refractivity contribution in [2.24, 2.45) is 5.16 Å². The molecule has 0 aliphatic rings. The summed E-state index contributed by atoms with van der Waals surface area (Å²) in [5.41, 5.74) is -0.148. The van der Waals surface area contributed by atoms with Crippen LogP contribution in [-0.4, -0.2) is 37.7 Å². The lowest BCUT2D eigenvalue weighted by atomic mass is 10.4. The predicted molar refractivity (Wildman–Crippen MR) is 33.1 cm³/mol. The molecular weight excluding hydrogens is 138 g/mol. The predicted octanol–water partition coefficient (Wildman–Crippen LogP) is -0.364. The zero-order chi connectivity index (χ0) is 7.98. The maximum atomic E-state index is 10.5. The monoisotopic (exact) mass is 147 g/mol. The smallest absolute Gasteiger partial charge is 0.358 e. The summed E-state index contributed by atoms with van der Waals surface area (Å²) >= 11 is 0. The molecule has 0 amide bonds. The Labute approximate surface area is 58.2 Å². The summed E-state index contributed by atoms with van der Waals surface area (Å²) in [6, 6.07) is 0. The van der Waals surface area contributed by atoms with Gasteiger partial charge in [-0.1, -0.05) is 5.16 Å². The first-order valence-electron chi connectivity index (χ1n) is 2.54. The van der Waals surface area contributed by atoms with Gasteiger partial charge in [-0.3, -0.25) is 0 Å². The van der Waals surface area contributed by atoms with Crippen molar-refractivity contribution in [2.75, 3.05) is 20.8 Å². The molecule has 0 saturated carbocycles. The van der Waals surface area contributed by atoms with Crippen LogP contribution in [0.1, 0.15) is 0 Å². The fourth-order valence-electron chi connectivity index (χ4n) is 0.383. The molecule has 0 aliphatic heterocycles. The Morgan fingerprint density at radius 3 is 2.50 bits per heavy atom. The van der Waals surface area contributed by atoms with Gasteiger partial charge in [-0.15, -0.1) is 0 Å². The standard InChI is InChI=1S/C5H9NO4/c1-9-3-4(6-8)5(7)10-2/h8H,3H2,1-2H3. The van der Waals surface area contributed by atoms with Crippen molar-refractivity contribution in [1.82, 2.24) is 0 Å². The topological polar surface area (TPSA) is 68.1 Å². The third-order valence-electron chi connectivity index (χ3n) is 0.823. The Morgan fingerprint density at radius 2 is 2.20 bits per heavy atom. The average molecular weight is 147 g/mol. The average Bonchev–Trinajstić information content (AvgIpc) is 1.99. The molecule has 0 rings (SSSR count). The first-order valence-corrected chi connectivity index (χ1v) is 2.54. The van der Waals surface area contributed by atoms with E-state index in [-0.39, 0.29) is 12.3 Å². The van der Waals surface area contributed by atoms with Crippen LogP contribution in [0.2, 0.25) is 0 Å². The van der Waals surface area contributed by atoms with Gasteiger partial charge in [-0.2, -0.15) is 0 Å². The summed E-state index contributed by atoms with van der Waals surface area (Å²) in [4.78, 5) is 10.5. The van der Waals surface area contributed by atoms with Gasteiger partial charge in [0.15, 0.2) is 5.71 Å². The number of hydrogen-bond donors (Lipinski definition) is 1. The molecule has 0 heterocycles. The van der Waals surface area contributed by atoms with E-state index in [0.717, 1.165) is 0 Å². The summed E-state index contributed by atoms with van der Waals surface area (Å²) in [5.74, 6) is -0.690. The zero-order valence-corrected chi connectivity index (χ0v) is 5.83. The third kappa shape index (κ3) is 2.45. The molecule has 10 heavy (non-hydrogen) atoms. The SMILES string of the molecule is COCC(=NO)C(=O)OC. The Morgan fingerprint density at radius 1 is 1.60 bits per heavy atom. The summed E-state index contributed by atoms with van der Waals surface area (Å²) in [7, 11) is 2.58. The lowest BCUT2D eigenvalue weighted by Crippen LogP contribution is -2.20. The van der Waals surface area contributed by atoms with Crippen LogP contribution in [0.5, 0.6) is 0 Å². The third-order valence-corrected chi connectivity index (χ3v) is 0.823. The van der Waals surface area contributed by atoms with Gasteiger partial charge < -0.3 is 14.7 Å². The van der Waals surface area contributed by atoms with Crippen molar-refractivity contribution in [1.29, 1.82) is 0 Å². The Balaban J connectivity index is 3.95. The van der Waals surface area contributed by atoms with Crippen molar-refractivity contribution in [3.05, 3.63) is 0 Å². The fourth-order valence-corrected chi connectivity index (χ4v) is 0.383. The largest absolute Gasteiger partial charge is 0.464 e. The van der Waals surface area contributed by atoms with Crippen LogP contribution in [0, 0.1) is 0 Å². The van der Waals surface area contributed by atoms with E-state index in [4.69, 9.17) is 5.21 Å². The van der Waals surface area contributed by atoms with Gasteiger partial charge in [0.25, 0.3) is 0 Å². The molecule has 58 valence electrons. The molecule has 5 heteroatoms. The molecule has 0 atom stereocenters. The minimum absolute atomic E-state index is 0.0524. The number of methoxy groups -OCH3 is 2. The molecule has 0 unspecified atom stereocenters. The number of rotatable bonds is 3. The highest BCUT2D eigenvalue weighted by Crippen LogP contribution is 1.82. The number of hydrogen-bond acceptors (Lipinski definition) is 5. The second-order valence-corrected chi connectivity index (χ2v) is 1.47. The summed E-state index contributed by atoms with van der Waals surface area (Å²) in [6.07, 6.45) is 0. The molecule has 0 aromatic rings. The van der Waals surface area contributed by atoms with Crippen molar-refractivity contribution < 1.29 is 19.5 Å². The highest BCUT2D eigenvalue weighted by atomic mass is 16.5. The van der Waals surface area contributed by atoms with Gasteiger partial charge in [0.1, 0.15) is 0 Å². The first kappa shape index (κ1) is 8.90. The molecular formula is C5H9NO4. The first-order chi connectivity index (χ1) is 4.76. The van der Waals surface area contributed by atoms with E-state index in [1.54, 1.807) is 0 Å². The van der Waals surface area contributed by atoms with Crippen LogP contribution in [0.25, 0.3) is 0 Å². The zero-order valence-electron chi connectivity index (χ0n) is 5.83. The van der Waals surface area contributed by atoms with E-state index in [0.29, 0.717) is 0 Å². The fraction of sp³-hybridized carbons (Fsp3) is 0.600. The maximum Gasteiger partial charge on any atom is 0.358 e. The summed E-state index contributed by atoms with van der Waals surface area (Å²) in [6.45, 7) is -0.0524. The van der Waals surface area contributed by atoms with Gasteiger partial charge in [-0.05, 0) is 0 Å². The summed E-state index contributed by atoms with van der Waals surface area (Å²) < 4.78 is 8.77. The van der Waals surface area contributed by atoms with E-state index < -0.39 is 5.97 Å². The van der Waals surface area contributed by atoms with Crippen molar-refractivity contribution in [3.63, 3.8) is 0 Å². The molecule has 0 aromatic carbocycles. The maximum absolute atomic E-state index is 10.5. The number of nitrogens with zero attached hydrogens (tertiary/aromatic N) is 1. The van der Waals surface area contributed by atoms with E-state index >= 15 is 0 Å². The minimum Gasteiger partial charge on any atom is -0.464 e. The van der Waals surface area contributed by atoms with Gasteiger partial charge in [-0.25, -0.2) is 4.79 Å². The number of carbonyl (C=O) groups excluding carboxylic acids is 1. The van der Waals surface area contributed by atoms with Crippen molar-refractivity contribution >= 4 is 11.7 Å². The van der Waals surface area contributed by atoms with E-state index in [2.05, 4.69) is 14.6 Å². The van der Waals surface area contributed by atoms with Crippen LogP contribution in [-0.2, 0) is 14.3 Å². The normalized spacial score (nSPS) is 11.2. The summed E-state index contributed by atoms with van der Waals surface area (Å²) in [5, 5.41) is 10.8. The van der Waals surface area contributed by atoms with Crippen LogP contribution < -0.4 is 0 Å². The quantitative estimate of drug-likeness (QED) is 0.256. The van der Waals surface area contributed by atoms with E-state index in [1.807, 2.05) is 0 Å². The van der Waals surface area contributed by atoms with Gasteiger partial charge in [0, 0.05) is 7.11 Å². The number of carbonyl (C=O) groups is 1. The molecule has 0 aliphatic carbocycles. The van der Waals surface area contributed by atoms with Gasteiger partial charge in [0.05, 0.1) is 13.7 Å². The molecule has 0 radical (unpaired) electrons. The molecule has 5 nitrogen and oxygen atoms in total. The molecule has 0 saturated heterocycles. The molecule has 0 bridgehead atoms. The van der Waals surface area contributed by atoms with Crippen LogP contribution in [0.4, 0.5) is 0 Å². The number of ether oxygens (including phenoxy) is 2. The van der Waals surface area contributed by atoms with Crippen LogP contribution >= 0.6 is 0 Å². The van der Waals surface area contributed by atoms with E-state index in [1.165, 1.54) is 14.2 Å². The highest BCUT2D eigenvalue weighted by Gasteiger charge is 2.10. The molecule has 0 spiro atoms. The Hall–Kier alpha value is -1.10. The Bertz CT molecular complexity index is 143. The lowest BCUT2D eigenvalue weighted by molar-refractivity contribution is -0.133. The van der Waals surface area contributed by atoms with E-state index in [9.17, 15) is 4.79 Å². The molecule has 0 fully saturated rings. The minimum atomic E-state index is -0.690. The van der Waals surface area contributed by atoms with Crippen molar-refractivity contribution in [3.8, 4) is 0 Å². The highest BCUT2D eigenvalue weighted by molar-refractivity contribution is 6.36. The molecule has 0 aromatic heterocycles. The van der Waals surface area contributed by atoms with Crippen LogP contribution in [0.15, 0.2) is 5.16 Å². The number of esters is 1. The van der Waals surface area contributed by atoms with Gasteiger partial charge >= 0.3 is 5.97 Å². The molecule has 1 N–H and O–H groups in total. The van der Waals surface area contributed by atoms with Gasteiger partial charge in [0.2, 0.25) is 0 Å².